The van der Waals surface area contributed by atoms with Gasteiger partial charge >= 0.3 is 0 Å². The largest absolute Gasteiger partial charge is 0.386 e. The molecule has 21 heavy (non-hydrogen) atoms. The van der Waals surface area contributed by atoms with Gasteiger partial charge in [-0.2, -0.15) is 0 Å². The fourth-order valence-corrected chi connectivity index (χ4v) is 3.44. The summed E-state index contributed by atoms with van der Waals surface area (Å²) in [5.74, 6) is 0. The maximum absolute atomic E-state index is 11.0. The number of aliphatic hydroxyl groups is 1. The molecule has 0 saturated carbocycles. The lowest BCUT2D eigenvalue weighted by atomic mass is 9.77. The van der Waals surface area contributed by atoms with Crippen LogP contribution in [-0.2, 0) is 12.8 Å². The van der Waals surface area contributed by atoms with Crippen molar-refractivity contribution in [1.29, 1.82) is 0 Å². The van der Waals surface area contributed by atoms with Crippen LogP contribution in [0.25, 0.3) is 0 Å². The Morgan fingerprint density at radius 1 is 1.29 bits per heavy atom. The Morgan fingerprint density at radius 2 is 1.90 bits per heavy atom. The van der Waals surface area contributed by atoms with Gasteiger partial charge in [-0.05, 0) is 37.8 Å². The van der Waals surface area contributed by atoms with Crippen LogP contribution < -0.4 is 5.73 Å². The SMILES string of the molecule is CC(C)n1cncc1C(O)C1(CN)Cc2ccccc2C1. The van der Waals surface area contributed by atoms with E-state index in [1.54, 1.807) is 12.5 Å². The summed E-state index contributed by atoms with van der Waals surface area (Å²) >= 11 is 0. The van der Waals surface area contributed by atoms with Crippen LogP contribution in [0.1, 0.15) is 42.8 Å². The van der Waals surface area contributed by atoms with Gasteiger partial charge in [-0.15, -0.1) is 0 Å². The third-order valence-corrected chi connectivity index (χ3v) is 4.72. The lowest BCUT2D eigenvalue weighted by molar-refractivity contribution is 0.0289. The number of nitrogens with two attached hydrogens (primary N) is 1. The summed E-state index contributed by atoms with van der Waals surface area (Å²) in [6.45, 7) is 4.65. The van der Waals surface area contributed by atoms with Crippen LogP contribution in [0.15, 0.2) is 36.8 Å². The number of hydrogen-bond acceptors (Lipinski definition) is 3. The van der Waals surface area contributed by atoms with Gasteiger partial charge in [0.25, 0.3) is 0 Å². The van der Waals surface area contributed by atoms with Crippen LogP contribution in [0, 0.1) is 5.41 Å². The Hall–Kier alpha value is -1.65. The molecule has 0 aliphatic heterocycles. The molecule has 1 unspecified atom stereocenters. The minimum Gasteiger partial charge on any atom is -0.386 e. The maximum Gasteiger partial charge on any atom is 0.103 e. The molecule has 1 aliphatic carbocycles. The normalized spacial score (nSPS) is 18.0. The number of imidazole rings is 1. The van der Waals surface area contributed by atoms with E-state index in [0.29, 0.717) is 6.54 Å². The summed E-state index contributed by atoms with van der Waals surface area (Å²) in [5, 5.41) is 11.0. The fourth-order valence-electron chi connectivity index (χ4n) is 3.44. The number of aromatic nitrogens is 2. The summed E-state index contributed by atoms with van der Waals surface area (Å²) in [7, 11) is 0. The fraction of sp³-hybridized carbons (Fsp3) is 0.471. The van der Waals surface area contributed by atoms with Crippen LogP contribution >= 0.6 is 0 Å². The second kappa shape index (κ2) is 5.28. The molecule has 3 rings (SSSR count). The van der Waals surface area contributed by atoms with Crippen molar-refractivity contribution in [3.8, 4) is 0 Å². The Balaban J connectivity index is 1.96. The van der Waals surface area contributed by atoms with E-state index in [1.165, 1.54) is 11.1 Å². The number of aliphatic hydroxyl groups excluding tert-OH is 1. The van der Waals surface area contributed by atoms with Gasteiger partial charge in [0.05, 0.1) is 18.2 Å². The molecule has 4 nitrogen and oxygen atoms in total. The van der Waals surface area contributed by atoms with Crippen LogP contribution in [0.5, 0.6) is 0 Å². The van der Waals surface area contributed by atoms with Gasteiger partial charge in [0.15, 0.2) is 0 Å². The highest BCUT2D eigenvalue weighted by Gasteiger charge is 2.44. The lowest BCUT2D eigenvalue weighted by Gasteiger charge is -2.34. The summed E-state index contributed by atoms with van der Waals surface area (Å²) in [4.78, 5) is 4.21. The molecule has 0 saturated heterocycles. The number of fused-ring (bicyclic) bond motifs is 1. The molecule has 0 fully saturated rings. The monoisotopic (exact) mass is 285 g/mol. The first-order valence-corrected chi connectivity index (χ1v) is 7.54. The first kappa shape index (κ1) is 14.3. The first-order valence-electron chi connectivity index (χ1n) is 7.54. The molecule has 0 bridgehead atoms. The van der Waals surface area contributed by atoms with Gasteiger partial charge < -0.3 is 15.4 Å². The molecule has 112 valence electrons. The predicted octanol–water partition coefficient (Wildman–Crippen LogP) is 2.24. The highest BCUT2D eigenvalue weighted by Crippen LogP contribution is 2.45. The number of hydrogen-bond donors (Lipinski definition) is 2. The van der Waals surface area contributed by atoms with Gasteiger partial charge in [0.1, 0.15) is 6.10 Å². The second-order valence-corrected chi connectivity index (χ2v) is 6.41. The second-order valence-electron chi connectivity index (χ2n) is 6.41. The molecule has 2 aromatic rings. The van der Waals surface area contributed by atoms with Crippen LogP contribution in [0.2, 0.25) is 0 Å². The van der Waals surface area contributed by atoms with Gasteiger partial charge in [-0.25, -0.2) is 4.98 Å². The van der Waals surface area contributed by atoms with Crippen molar-refractivity contribution in [3.05, 3.63) is 53.6 Å². The van der Waals surface area contributed by atoms with E-state index in [2.05, 4.69) is 43.1 Å². The van der Waals surface area contributed by atoms with E-state index >= 15 is 0 Å². The first-order chi connectivity index (χ1) is 10.1. The molecule has 0 amide bonds. The van der Waals surface area contributed by atoms with Crippen molar-refractivity contribution in [3.63, 3.8) is 0 Å². The van der Waals surface area contributed by atoms with Crippen molar-refractivity contribution in [1.82, 2.24) is 9.55 Å². The van der Waals surface area contributed by atoms with E-state index in [4.69, 9.17) is 5.73 Å². The van der Waals surface area contributed by atoms with Gasteiger partial charge in [-0.1, -0.05) is 24.3 Å². The highest BCUT2D eigenvalue weighted by atomic mass is 16.3. The van der Waals surface area contributed by atoms with Crippen molar-refractivity contribution in [2.45, 2.75) is 38.8 Å². The number of nitrogens with zero attached hydrogens (tertiary/aromatic N) is 2. The van der Waals surface area contributed by atoms with Crippen LogP contribution in [0.4, 0.5) is 0 Å². The Kier molecular flexibility index (Phi) is 3.59. The molecule has 1 aromatic heterocycles. The number of benzene rings is 1. The van der Waals surface area contributed by atoms with E-state index in [0.717, 1.165) is 18.5 Å². The topological polar surface area (TPSA) is 64.1 Å². The average molecular weight is 285 g/mol. The smallest absolute Gasteiger partial charge is 0.103 e. The zero-order chi connectivity index (χ0) is 15.0. The minimum absolute atomic E-state index is 0.274. The lowest BCUT2D eigenvalue weighted by Crippen LogP contribution is -2.38. The molecule has 4 heteroatoms. The standard InChI is InChI=1S/C17H23N3O/c1-12(2)20-11-19-9-15(20)16(21)17(10-18)7-13-5-3-4-6-14(13)8-17/h3-6,9,11-12,16,21H,7-8,10,18H2,1-2H3. The summed E-state index contributed by atoms with van der Waals surface area (Å²) in [6.07, 6.45) is 4.61. The third kappa shape index (κ3) is 2.28. The van der Waals surface area contributed by atoms with Crippen LogP contribution in [-0.4, -0.2) is 21.2 Å². The quantitative estimate of drug-likeness (QED) is 0.905. The number of rotatable bonds is 4. The molecule has 0 radical (unpaired) electrons. The van der Waals surface area contributed by atoms with Gasteiger partial charge in [-0.3, -0.25) is 0 Å². The molecule has 1 aromatic carbocycles. The molecular formula is C17H23N3O. The van der Waals surface area contributed by atoms with Crippen LogP contribution in [0.3, 0.4) is 0 Å². The van der Waals surface area contributed by atoms with Gasteiger partial charge in [0.2, 0.25) is 0 Å². The highest BCUT2D eigenvalue weighted by molar-refractivity contribution is 5.36. The zero-order valence-electron chi connectivity index (χ0n) is 12.7. The molecule has 1 heterocycles. The van der Waals surface area contributed by atoms with E-state index in [1.807, 2.05) is 4.57 Å². The average Bonchev–Trinajstić information content (AvgIpc) is 3.11. The molecule has 1 aliphatic rings. The molecular weight excluding hydrogens is 262 g/mol. The summed E-state index contributed by atoms with van der Waals surface area (Å²) in [5.41, 5.74) is 9.24. The predicted molar refractivity (Wildman–Crippen MR) is 82.9 cm³/mol. The third-order valence-electron chi connectivity index (χ3n) is 4.72. The Morgan fingerprint density at radius 3 is 2.43 bits per heavy atom. The molecule has 1 atom stereocenters. The maximum atomic E-state index is 11.0. The van der Waals surface area contributed by atoms with E-state index < -0.39 is 6.10 Å². The van der Waals surface area contributed by atoms with Crippen molar-refractivity contribution in [2.75, 3.05) is 6.54 Å². The minimum atomic E-state index is -0.597. The van der Waals surface area contributed by atoms with Crippen molar-refractivity contribution >= 4 is 0 Å². The van der Waals surface area contributed by atoms with Crippen molar-refractivity contribution < 1.29 is 5.11 Å². The zero-order valence-corrected chi connectivity index (χ0v) is 12.7. The Bertz CT molecular complexity index is 607. The van der Waals surface area contributed by atoms with Gasteiger partial charge in [0, 0.05) is 18.0 Å². The molecule has 3 N–H and O–H groups in total. The van der Waals surface area contributed by atoms with Crippen molar-refractivity contribution in [2.24, 2.45) is 11.1 Å². The van der Waals surface area contributed by atoms with E-state index in [-0.39, 0.29) is 11.5 Å². The van der Waals surface area contributed by atoms with E-state index in [9.17, 15) is 5.11 Å². The summed E-state index contributed by atoms with van der Waals surface area (Å²) in [6, 6.07) is 8.65. The Labute approximate surface area is 125 Å². The summed E-state index contributed by atoms with van der Waals surface area (Å²) < 4.78 is 2.03. The molecule has 0 spiro atoms.